The molecule has 0 unspecified atom stereocenters. The molecule has 0 atom stereocenters. The van der Waals surface area contributed by atoms with Crippen LogP contribution in [-0.4, -0.2) is 11.1 Å². The molecular formula is C12H15FN2. The molecule has 3 heteroatoms. The molecule has 80 valence electrons. The maximum Gasteiger partial charge on any atom is 0.147 e. The van der Waals surface area contributed by atoms with Gasteiger partial charge in [-0.15, -0.1) is 0 Å². The Labute approximate surface area is 88.5 Å². The second-order valence-electron chi connectivity index (χ2n) is 3.62. The van der Waals surface area contributed by atoms with Crippen molar-refractivity contribution in [1.82, 2.24) is 4.57 Å². The lowest BCUT2D eigenvalue weighted by Crippen LogP contribution is -2.02. The standard InChI is InChI=1S/C12H15FN2/c1-2-15-8-9(6-7-14)10-4-3-5-11(13)12(10)15/h3-5,8H,2,6-7,14H2,1H3. The minimum Gasteiger partial charge on any atom is -0.345 e. The molecule has 1 heterocycles. The number of hydrogen-bond acceptors (Lipinski definition) is 1. The van der Waals surface area contributed by atoms with Gasteiger partial charge in [0.25, 0.3) is 0 Å². The summed E-state index contributed by atoms with van der Waals surface area (Å²) in [7, 11) is 0. The van der Waals surface area contributed by atoms with Crippen LogP contribution in [0.4, 0.5) is 4.39 Å². The molecule has 2 N–H and O–H groups in total. The molecule has 1 aromatic carbocycles. The van der Waals surface area contributed by atoms with Crippen molar-refractivity contribution in [3.05, 3.63) is 35.8 Å². The fraction of sp³-hybridized carbons (Fsp3) is 0.333. The smallest absolute Gasteiger partial charge is 0.147 e. The summed E-state index contributed by atoms with van der Waals surface area (Å²) in [6.45, 7) is 3.39. The Kier molecular flexibility index (Phi) is 2.73. The zero-order valence-electron chi connectivity index (χ0n) is 8.83. The van der Waals surface area contributed by atoms with Gasteiger partial charge in [-0.1, -0.05) is 12.1 Å². The summed E-state index contributed by atoms with van der Waals surface area (Å²) in [4.78, 5) is 0. The van der Waals surface area contributed by atoms with Crippen molar-refractivity contribution in [1.29, 1.82) is 0 Å². The minimum atomic E-state index is -0.155. The van der Waals surface area contributed by atoms with E-state index in [1.54, 1.807) is 6.07 Å². The molecule has 0 bridgehead atoms. The molecule has 0 saturated carbocycles. The van der Waals surface area contributed by atoms with Crippen LogP contribution in [0, 0.1) is 5.82 Å². The highest BCUT2D eigenvalue weighted by Crippen LogP contribution is 2.24. The van der Waals surface area contributed by atoms with E-state index in [0.717, 1.165) is 23.9 Å². The van der Waals surface area contributed by atoms with Crippen molar-refractivity contribution in [3.8, 4) is 0 Å². The van der Waals surface area contributed by atoms with Crippen LogP contribution in [0.1, 0.15) is 12.5 Å². The van der Waals surface area contributed by atoms with Gasteiger partial charge in [-0.25, -0.2) is 4.39 Å². The number of rotatable bonds is 3. The average molecular weight is 206 g/mol. The molecular weight excluding hydrogens is 191 g/mol. The monoisotopic (exact) mass is 206 g/mol. The van der Waals surface area contributed by atoms with Crippen LogP contribution in [0.5, 0.6) is 0 Å². The molecule has 0 radical (unpaired) electrons. The van der Waals surface area contributed by atoms with Crippen molar-refractivity contribution >= 4 is 10.9 Å². The van der Waals surface area contributed by atoms with Gasteiger partial charge in [-0.3, -0.25) is 0 Å². The van der Waals surface area contributed by atoms with Crippen molar-refractivity contribution in [2.45, 2.75) is 19.9 Å². The lowest BCUT2D eigenvalue weighted by Gasteiger charge is -2.00. The van der Waals surface area contributed by atoms with Crippen LogP contribution in [0.3, 0.4) is 0 Å². The zero-order valence-corrected chi connectivity index (χ0v) is 8.83. The largest absolute Gasteiger partial charge is 0.345 e. The number of nitrogens with two attached hydrogens (primary N) is 1. The Morgan fingerprint density at radius 3 is 2.87 bits per heavy atom. The first kappa shape index (κ1) is 10.2. The van der Waals surface area contributed by atoms with Gasteiger partial charge in [0.15, 0.2) is 0 Å². The Bertz CT molecular complexity index is 474. The number of halogens is 1. The van der Waals surface area contributed by atoms with E-state index in [2.05, 4.69) is 0 Å². The lowest BCUT2D eigenvalue weighted by atomic mass is 10.1. The number of aromatic nitrogens is 1. The molecule has 0 aliphatic carbocycles. The van der Waals surface area contributed by atoms with Gasteiger partial charge in [0, 0.05) is 18.1 Å². The van der Waals surface area contributed by atoms with Crippen LogP contribution in [0.2, 0.25) is 0 Å². The molecule has 2 nitrogen and oxygen atoms in total. The predicted octanol–water partition coefficient (Wildman–Crippen LogP) is 2.30. The number of hydrogen-bond donors (Lipinski definition) is 1. The highest BCUT2D eigenvalue weighted by Gasteiger charge is 2.10. The first-order chi connectivity index (χ1) is 7.27. The molecule has 1 aromatic heterocycles. The fourth-order valence-corrected chi connectivity index (χ4v) is 1.99. The number of benzene rings is 1. The number of para-hydroxylation sites is 1. The number of aryl methyl sites for hydroxylation is 1. The van der Waals surface area contributed by atoms with Gasteiger partial charge >= 0.3 is 0 Å². The van der Waals surface area contributed by atoms with E-state index in [1.165, 1.54) is 6.07 Å². The Morgan fingerprint density at radius 2 is 2.20 bits per heavy atom. The average Bonchev–Trinajstić information content (AvgIpc) is 2.59. The molecule has 0 aliphatic rings. The predicted molar refractivity (Wildman–Crippen MR) is 60.3 cm³/mol. The van der Waals surface area contributed by atoms with E-state index < -0.39 is 0 Å². The Balaban J connectivity index is 2.69. The van der Waals surface area contributed by atoms with E-state index >= 15 is 0 Å². The van der Waals surface area contributed by atoms with Crippen molar-refractivity contribution in [3.63, 3.8) is 0 Å². The summed E-state index contributed by atoms with van der Waals surface area (Å²) >= 11 is 0. The van der Waals surface area contributed by atoms with Gasteiger partial charge in [-0.2, -0.15) is 0 Å². The molecule has 0 saturated heterocycles. The number of fused-ring (bicyclic) bond motifs is 1. The summed E-state index contributed by atoms with van der Waals surface area (Å²) in [6, 6.07) is 5.20. The van der Waals surface area contributed by atoms with E-state index in [9.17, 15) is 4.39 Å². The van der Waals surface area contributed by atoms with Crippen LogP contribution in [0.15, 0.2) is 24.4 Å². The molecule has 0 aliphatic heterocycles. The summed E-state index contributed by atoms with van der Waals surface area (Å²) in [5.74, 6) is -0.155. The quantitative estimate of drug-likeness (QED) is 0.820. The molecule has 0 amide bonds. The van der Waals surface area contributed by atoms with Gasteiger partial charge < -0.3 is 10.3 Å². The van der Waals surface area contributed by atoms with E-state index in [1.807, 2.05) is 23.8 Å². The van der Waals surface area contributed by atoms with Gasteiger partial charge in [0.2, 0.25) is 0 Å². The van der Waals surface area contributed by atoms with Gasteiger partial charge in [0.1, 0.15) is 5.82 Å². The summed E-state index contributed by atoms with van der Waals surface area (Å²) in [6.07, 6.45) is 2.80. The lowest BCUT2D eigenvalue weighted by molar-refractivity contribution is 0.626. The maximum absolute atomic E-state index is 13.6. The summed E-state index contributed by atoms with van der Waals surface area (Å²) in [5, 5.41) is 0.988. The third-order valence-corrected chi connectivity index (χ3v) is 2.69. The molecule has 15 heavy (non-hydrogen) atoms. The second kappa shape index (κ2) is 4.03. The normalized spacial score (nSPS) is 11.1. The molecule has 0 fully saturated rings. The van der Waals surface area contributed by atoms with Crippen LogP contribution >= 0.6 is 0 Å². The molecule has 0 spiro atoms. The Morgan fingerprint density at radius 1 is 1.40 bits per heavy atom. The van der Waals surface area contributed by atoms with Gasteiger partial charge in [0.05, 0.1) is 5.52 Å². The molecule has 2 aromatic rings. The number of nitrogens with zero attached hydrogens (tertiary/aromatic N) is 1. The second-order valence-corrected chi connectivity index (χ2v) is 3.62. The zero-order chi connectivity index (χ0) is 10.8. The third kappa shape index (κ3) is 1.63. The maximum atomic E-state index is 13.6. The van der Waals surface area contributed by atoms with Gasteiger partial charge in [-0.05, 0) is 31.5 Å². The minimum absolute atomic E-state index is 0.155. The molecule has 2 rings (SSSR count). The highest BCUT2D eigenvalue weighted by atomic mass is 19.1. The SMILES string of the molecule is CCn1cc(CCN)c2cccc(F)c21. The Hall–Kier alpha value is -1.35. The first-order valence-corrected chi connectivity index (χ1v) is 5.24. The van der Waals surface area contributed by atoms with Crippen LogP contribution < -0.4 is 5.73 Å². The van der Waals surface area contributed by atoms with Crippen LogP contribution in [-0.2, 0) is 13.0 Å². The van der Waals surface area contributed by atoms with E-state index in [0.29, 0.717) is 12.1 Å². The van der Waals surface area contributed by atoms with Crippen molar-refractivity contribution in [2.75, 3.05) is 6.54 Å². The van der Waals surface area contributed by atoms with E-state index in [4.69, 9.17) is 5.73 Å². The first-order valence-electron chi connectivity index (χ1n) is 5.24. The summed E-state index contributed by atoms with van der Waals surface area (Å²) < 4.78 is 15.6. The topological polar surface area (TPSA) is 30.9 Å². The summed E-state index contributed by atoms with van der Waals surface area (Å²) in [5.41, 5.74) is 7.37. The van der Waals surface area contributed by atoms with Crippen molar-refractivity contribution < 1.29 is 4.39 Å². The third-order valence-electron chi connectivity index (χ3n) is 2.69. The van der Waals surface area contributed by atoms with Crippen LogP contribution in [0.25, 0.3) is 10.9 Å². The highest BCUT2D eigenvalue weighted by molar-refractivity contribution is 5.84. The fourth-order valence-electron chi connectivity index (χ4n) is 1.99. The van der Waals surface area contributed by atoms with E-state index in [-0.39, 0.29) is 5.82 Å². The van der Waals surface area contributed by atoms with Crippen molar-refractivity contribution in [2.24, 2.45) is 5.73 Å².